The normalized spacial score (nSPS) is 11.6. The lowest BCUT2D eigenvalue weighted by atomic mass is 10.00. The molecule has 0 N–H and O–H groups in total. The fourth-order valence-corrected chi connectivity index (χ4v) is 6.13. The first kappa shape index (κ1) is 25.3. The van der Waals surface area contributed by atoms with Crippen molar-refractivity contribution in [2.75, 3.05) is 0 Å². The number of nitrogens with zero attached hydrogens (tertiary/aromatic N) is 4. The second kappa shape index (κ2) is 10.2. The van der Waals surface area contributed by atoms with E-state index in [0.717, 1.165) is 55.0 Å². The van der Waals surface area contributed by atoms with Crippen LogP contribution in [0.4, 0.5) is 0 Å². The second-order valence-electron chi connectivity index (χ2n) is 11.1. The van der Waals surface area contributed by atoms with Gasteiger partial charge < -0.3 is 4.42 Å². The summed E-state index contributed by atoms with van der Waals surface area (Å²) in [6.45, 7) is 0. The zero-order valence-electron chi connectivity index (χ0n) is 24.1. The molecule has 0 aliphatic carbocycles. The van der Waals surface area contributed by atoms with Gasteiger partial charge in [0.25, 0.3) is 0 Å². The van der Waals surface area contributed by atoms with Crippen LogP contribution in [0.1, 0.15) is 0 Å². The minimum atomic E-state index is 0.499. The van der Waals surface area contributed by atoms with E-state index in [2.05, 4.69) is 91.0 Å². The third kappa shape index (κ3) is 4.33. The van der Waals surface area contributed by atoms with Crippen molar-refractivity contribution in [3.8, 4) is 45.4 Å². The fourth-order valence-electron chi connectivity index (χ4n) is 6.13. The molecule has 210 valence electrons. The molecule has 0 unspecified atom stereocenters. The number of pyridine rings is 1. The van der Waals surface area contributed by atoms with Gasteiger partial charge in [-0.05, 0) is 45.5 Å². The van der Waals surface area contributed by atoms with Crippen LogP contribution in [-0.2, 0) is 0 Å². The molecule has 0 saturated carbocycles. The molecule has 5 heteroatoms. The Bertz CT molecular complexity index is 2540. The molecule has 0 radical (unpaired) electrons. The van der Waals surface area contributed by atoms with E-state index in [9.17, 15) is 0 Å². The largest absolute Gasteiger partial charge is 0.455 e. The monoisotopic (exact) mass is 576 g/mol. The summed E-state index contributed by atoms with van der Waals surface area (Å²) in [4.78, 5) is 19.7. The Labute approximate surface area is 258 Å². The third-order valence-electron chi connectivity index (χ3n) is 8.38. The highest BCUT2D eigenvalue weighted by Gasteiger charge is 2.20. The Balaban J connectivity index is 1.21. The lowest BCUT2D eigenvalue weighted by molar-refractivity contribution is 0.672. The third-order valence-corrected chi connectivity index (χ3v) is 8.38. The van der Waals surface area contributed by atoms with Crippen LogP contribution in [0.5, 0.6) is 0 Å². The van der Waals surface area contributed by atoms with Gasteiger partial charge in [0.1, 0.15) is 16.9 Å². The fraction of sp³-hybridized carbons (Fsp3) is 0. The summed E-state index contributed by atoms with van der Waals surface area (Å²) in [7, 11) is 0. The number of rotatable bonds is 4. The van der Waals surface area contributed by atoms with E-state index in [1.165, 1.54) is 10.8 Å². The van der Waals surface area contributed by atoms with Gasteiger partial charge in [0.15, 0.2) is 17.5 Å². The molecular weight excluding hydrogens is 552 g/mol. The molecule has 0 amide bonds. The van der Waals surface area contributed by atoms with Crippen molar-refractivity contribution in [2.24, 2.45) is 0 Å². The van der Waals surface area contributed by atoms with Crippen molar-refractivity contribution in [1.82, 2.24) is 19.9 Å². The molecule has 5 nitrogen and oxygen atoms in total. The summed E-state index contributed by atoms with van der Waals surface area (Å²) in [5.74, 6) is 1.67. The van der Waals surface area contributed by atoms with Gasteiger partial charge in [-0.1, -0.05) is 121 Å². The zero-order valence-corrected chi connectivity index (χ0v) is 24.1. The SMILES string of the molecule is c1ccc(-c2nc(-c3ccc(-c4ccc5ccccc5c4)cc3)nc(-c3nccc4oc5c6ccccc6ccc5c34)n2)cc1. The van der Waals surface area contributed by atoms with E-state index in [1.807, 2.05) is 48.5 Å². The quantitative estimate of drug-likeness (QED) is 0.209. The number of hydrogen-bond acceptors (Lipinski definition) is 5. The van der Waals surface area contributed by atoms with Crippen LogP contribution in [0, 0.1) is 0 Å². The smallest absolute Gasteiger partial charge is 0.183 e. The Kier molecular flexibility index (Phi) is 5.74. The van der Waals surface area contributed by atoms with Gasteiger partial charge in [0.05, 0.1) is 5.39 Å². The predicted octanol–water partition coefficient (Wildman–Crippen LogP) is 10.1. The van der Waals surface area contributed by atoms with Crippen molar-refractivity contribution < 1.29 is 4.42 Å². The van der Waals surface area contributed by atoms with Crippen molar-refractivity contribution in [3.05, 3.63) is 146 Å². The Morgan fingerprint density at radius 3 is 1.87 bits per heavy atom. The molecule has 0 spiro atoms. The Morgan fingerprint density at radius 1 is 0.422 bits per heavy atom. The van der Waals surface area contributed by atoms with Crippen LogP contribution in [0.2, 0.25) is 0 Å². The predicted molar refractivity (Wildman–Crippen MR) is 182 cm³/mol. The molecule has 0 aliphatic rings. The molecular formula is C40H24N4O. The molecule has 0 bridgehead atoms. The van der Waals surface area contributed by atoms with Gasteiger partial charge in [0.2, 0.25) is 0 Å². The minimum absolute atomic E-state index is 0.499. The average Bonchev–Trinajstić information content (AvgIpc) is 3.51. The lowest BCUT2D eigenvalue weighted by Crippen LogP contribution is -2.01. The first-order valence-electron chi connectivity index (χ1n) is 14.9. The molecule has 9 rings (SSSR count). The highest BCUT2D eigenvalue weighted by Crippen LogP contribution is 2.38. The summed E-state index contributed by atoms with van der Waals surface area (Å²) >= 11 is 0. The number of benzene rings is 6. The van der Waals surface area contributed by atoms with Gasteiger partial charge in [-0.3, -0.25) is 4.98 Å². The van der Waals surface area contributed by atoms with Gasteiger partial charge in [-0.25, -0.2) is 15.0 Å². The summed E-state index contributed by atoms with van der Waals surface area (Å²) < 4.78 is 6.43. The number of hydrogen-bond donors (Lipinski definition) is 0. The van der Waals surface area contributed by atoms with Crippen LogP contribution >= 0.6 is 0 Å². The molecule has 6 aromatic carbocycles. The number of fused-ring (bicyclic) bond motifs is 6. The molecule has 3 aromatic heterocycles. The molecule has 3 heterocycles. The Hall–Kier alpha value is -6.20. The number of aromatic nitrogens is 4. The van der Waals surface area contributed by atoms with Gasteiger partial charge in [0, 0.05) is 28.1 Å². The van der Waals surface area contributed by atoms with Crippen LogP contribution < -0.4 is 0 Å². The van der Waals surface area contributed by atoms with E-state index in [1.54, 1.807) is 6.20 Å². The summed E-state index contributed by atoms with van der Waals surface area (Å²) in [6.07, 6.45) is 1.76. The highest BCUT2D eigenvalue weighted by molar-refractivity contribution is 6.18. The molecule has 0 fully saturated rings. The standard InChI is InChI=1S/C40H24N4O/c1-2-10-28(11-3-1)38-42-39(29-17-14-26(15-18-29)31-19-16-25-8-4-5-12-30(25)24-31)44-40(43-38)36-35-33-21-20-27-9-6-7-13-32(27)37(33)45-34(35)22-23-41-36/h1-24H. The van der Waals surface area contributed by atoms with E-state index < -0.39 is 0 Å². The lowest BCUT2D eigenvalue weighted by Gasteiger charge is -2.09. The van der Waals surface area contributed by atoms with Crippen molar-refractivity contribution in [1.29, 1.82) is 0 Å². The minimum Gasteiger partial charge on any atom is -0.455 e. The highest BCUT2D eigenvalue weighted by atomic mass is 16.3. The molecule has 9 aromatic rings. The van der Waals surface area contributed by atoms with Gasteiger partial charge in [-0.15, -0.1) is 0 Å². The van der Waals surface area contributed by atoms with E-state index >= 15 is 0 Å². The topological polar surface area (TPSA) is 64.7 Å². The molecule has 0 saturated heterocycles. The first-order chi connectivity index (χ1) is 22.3. The maximum Gasteiger partial charge on any atom is 0.183 e. The molecule has 0 aliphatic heterocycles. The van der Waals surface area contributed by atoms with Gasteiger partial charge >= 0.3 is 0 Å². The molecule has 0 atom stereocenters. The maximum absolute atomic E-state index is 6.43. The van der Waals surface area contributed by atoms with Crippen LogP contribution in [0.3, 0.4) is 0 Å². The zero-order chi connectivity index (χ0) is 29.7. The molecule has 45 heavy (non-hydrogen) atoms. The summed E-state index contributed by atoms with van der Waals surface area (Å²) in [6, 6.07) is 47.7. The second-order valence-corrected chi connectivity index (χ2v) is 11.1. The van der Waals surface area contributed by atoms with E-state index in [-0.39, 0.29) is 0 Å². The van der Waals surface area contributed by atoms with Crippen molar-refractivity contribution >= 4 is 43.5 Å². The van der Waals surface area contributed by atoms with Crippen molar-refractivity contribution in [3.63, 3.8) is 0 Å². The van der Waals surface area contributed by atoms with Gasteiger partial charge in [-0.2, -0.15) is 0 Å². The first-order valence-corrected chi connectivity index (χ1v) is 14.9. The summed E-state index contributed by atoms with van der Waals surface area (Å²) in [5, 5.41) is 6.50. The van der Waals surface area contributed by atoms with Crippen molar-refractivity contribution in [2.45, 2.75) is 0 Å². The van der Waals surface area contributed by atoms with E-state index in [4.69, 9.17) is 24.4 Å². The Morgan fingerprint density at radius 2 is 1.04 bits per heavy atom. The number of furan rings is 1. The van der Waals surface area contributed by atoms with E-state index in [0.29, 0.717) is 23.2 Å². The maximum atomic E-state index is 6.43. The van der Waals surface area contributed by atoms with Crippen LogP contribution in [0.15, 0.2) is 150 Å². The van der Waals surface area contributed by atoms with Crippen LogP contribution in [0.25, 0.3) is 88.9 Å². The average molecular weight is 577 g/mol. The van der Waals surface area contributed by atoms with Crippen LogP contribution in [-0.4, -0.2) is 19.9 Å². The summed E-state index contributed by atoms with van der Waals surface area (Å²) in [5.41, 5.74) is 6.34.